The first-order chi connectivity index (χ1) is 7.06. The Morgan fingerprint density at radius 3 is 2.47 bits per heavy atom. The van der Waals surface area contributed by atoms with Crippen LogP contribution >= 0.6 is 0 Å². The Balaban J connectivity index is 2.95. The van der Waals surface area contributed by atoms with E-state index in [1.807, 2.05) is 26.1 Å². The van der Waals surface area contributed by atoms with E-state index in [9.17, 15) is 4.39 Å². The molecule has 2 heteroatoms. The molecule has 0 aliphatic heterocycles. The Morgan fingerprint density at radius 1 is 1.33 bits per heavy atom. The van der Waals surface area contributed by atoms with Crippen molar-refractivity contribution in [1.29, 1.82) is 0 Å². The number of aryl methyl sites for hydroxylation is 1. The van der Waals surface area contributed by atoms with Gasteiger partial charge in [-0.15, -0.1) is 0 Å². The van der Waals surface area contributed by atoms with Crippen LogP contribution in [0.1, 0.15) is 30.9 Å². The lowest BCUT2D eigenvalue weighted by Crippen LogP contribution is -2.21. The fraction of sp³-hybridized carbons (Fsp3) is 0.538. The van der Waals surface area contributed by atoms with Crippen molar-refractivity contribution < 1.29 is 4.39 Å². The summed E-state index contributed by atoms with van der Waals surface area (Å²) < 4.78 is 13.1. The van der Waals surface area contributed by atoms with Crippen molar-refractivity contribution in [3.05, 3.63) is 35.1 Å². The second-order valence-electron chi connectivity index (χ2n) is 4.42. The number of hydrogen-bond acceptors (Lipinski definition) is 1. The van der Waals surface area contributed by atoms with Gasteiger partial charge in [-0.05, 0) is 43.0 Å². The van der Waals surface area contributed by atoms with Crippen LogP contribution in [-0.4, -0.2) is 13.6 Å². The van der Waals surface area contributed by atoms with E-state index in [1.54, 1.807) is 6.07 Å². The monoisotopic (exact) mass is 209 g/mol. The zero-order valence-corrected chi connectivity index (χ0v) is 9.97. The Bertz CT molecular complexity index is 320. The molecule has 1 atom stereocenters. The summed E-state index contributed by atoms with van der Waals surface area (Å²) in [6.45, 7) is 7.14. The molecule has 0 heterocycles. The standard InChI is InChI=1S/C13H20FN/c1-9(2)12(8-15-4)11-5-6-13(14)10(3)7-11/h5-7,9,12,15H,8H2,1-4H3. The average molecular weight is 209 g/mol. The van der Waals surface area contributed by atoms with E-state index in [1.165, 1.54) is 5.56 Å². The van der Waals surface area contributed by atoms with E-state index in [-0.39, 0.29) is 5.82 Å². The van der Waals surface area contributed by atoms with Gasteiger partial charge in [0.05, 0.1) is 0 Å². The lowest BCUT2D eigenvalue weighted by Gasteiger charge is -2.21. The third-order valence-corrected chi connectivity index (χ3v) is 2.84. The molecule has 0 saturated carbocycles. The summed E-state index contributed by atoms with van der Waals surface area (Å²) in [7, 11) is 1.95. The topological polar surface area (TPSA) is 12.0 Å². The zero-order valence-electron chi connectivity index (χ0n) is 9.97. The SMILES string of the molecule is CNCC(c1ccc(F)c(C)c1)C(C)C. The molecule has 0 saturated heterocycles. The van der Waals surface area contributed by atoms with E-state index >= 15 is 0 Å². The molecule has 1 nitrogen and oxygen atoms in total. The summed E-state index contributed by atoms with van der Waals surface area (Å²) >= 11 is 0. The largest absolute Gasteiger partial charge is 0.319 e. The normalized spacial score (nSPS) is 13.2. The van der Waals surface area contributed by atoms with Gasteiger partial charge in [-0.2, -0.15) is 0 Å². The summed E-state index contributed by atoms with van der Waals surface area (Å²) in [4.78, 5) is 0. The molecular formula is C13H20FN. The van der Waals surface area contributed by atoms with Crippen LogP contribution in [0.3, 0.4) is 0 Å². The summed E-state index contributed by atoms with van der Waals surface area (Å²) in [6, 6.07) is 5.41. The van der Waals surface area contributed by atoms with Crippen LogP contribution in [0.4, 0.5) is 4.39 Å². The maximum Gasteiger partial charge on any atom is 0.126 e. The van der Waals surface area contributed by atoms with Crippen LogP contribution in [-0.2, 0) is 0 Å². The molecule has 0 aromatic heterocycles. The first-order valence-electron chi connectivity index (χ1n) is 5.47. The number of benzene rings is 1. The maximum atomic E-state index is 13.1. The Kier molecular flexibility index (Phi) is 4.28. The van der Waals surface area contributed by atoms with Crippen molar-refractivity contribution in [3.63, 3.8) is 0 Å². The van der Waals surface area contributed by atoms with Gasteiger partial charge >= 0.3 is 0 Å². The second kappa shape index (κ2) is 5.26. The number of nitrogens with one attached hydrogen (secondary N) is 1. The molecule has 1 rings (SSSR count). The van der Waals surface area contributed by atoms with Crippen LogP contribution in [0.5, 0.6) is 0 Å². The van der Waals surface area contributed by atoms with Gasteiger partial charge in [-0.25, -0.2) is 4.39 Å². The smallest absolute Gasteiger partial charge is 0.126 e. The summed E-state index contributed by atoms with van der Waals surface area (Å²) in [5, 5.41) is 3.19. The first-order valence-corrected chi connectivity index (χ1v) is 5.47. The van der Waals surface area contributed by atoms with E-state index in [0.29, 0.717) is 11.8 Å². The Morgan fingerprint density at radius 2 is 2.00 bits per heavy atom. The quantitative estimate of drug-likeness (QED) is 0.803. The van der Waals surface area contributed by atoms with E-state index in [4.69, 9.17) is 0 Å². The van der Waals surface area contributed by atoms with Crippen molar-refractivity contribution in [3.8, 4) is 0 Å². The molecule has 1 aromatic rings. The maximum absolute atomic E-state index is 13.1. The van der Waals surface area contributed by atoms with Gasteiger partial charge in [0.25, 0.3) is 0 Å². The minimum Gasteiger partial charge on any atom is -0.319 e. The number of rotatable bonds is 4. The summed E-state index contributed by atoms with van der Waals surface area (Å²) in [6.07, 6.45) is 0. The fourth-order valence-electron chi connectivity index (χ4n) is 1.86. The Labute approximate surface area is 91.7 Å². The third kappa shape index (κ3) is 3.03. The van der Waals surface area contributed by atoms with E-state index in [2.05, 4.69) is 19.2 Å². The molecule has 0 aliphatic carbocycles. The molecule has 15 heavy (non-hydrogen) atoms. The molecular weight excluding hydrogens is 189 g/mol. The Hall–Kier alpha value is -0.890. The van der Waals surface area contributed by atoms with Gasteiger partial charge in [0.15, 0.2) is 0 Å². The number of hydrogen-bond donors (Lipinski definition) is 1. The van der Waals surface area contributed by atoms with Gasteiger partial charge in [-0.3, -0.25) is 0 Å². The molecule has 1 aromatic carbocycles. The van der Waals surface area contributed by atoms with E-state index in [0.717, 1.165) is 12.1 Å². The van der Waals surface area contributed by atoms with Crippen LogP contribution in [0.25, 0.3) is 0 Å². The number of likely N-dealkylation sites (N-methyl/N-ethyl adjacent to an activating group) is 1. The van der Waals surface area contributed by atoms with Crippen molar-refractivity contribution in [2.45, 2.75) is 26.7 Å². The van der Waals surface area contributed by atoms with Crippen LogP contribution in [0.2, 0.25) is 0 Å². The minimum atomic E-state index is -0.120. The first kappa shape index (κ1) is 12.2. The molecule has 84 valence electrons. The highest BCUT2D eigenvalue weighted by atomic mass is 19.1. The van der Waals surface area contributed by atoms with Crippen molar-refractivity contribution >= 4 is 0 Å². The highest BCUT2D eigenvalue weighted by Crippen LogP contribution is 2.25. The van der Waals surface area contributed by atoms with E-state index < -0.39 is 0 Å². The predicted octanol–water partition coefficient (Wildman–Crippen LogP) is 3.09. The molecule has 0 bridgehead atoms. The van der Waals surface area contributed by atoms with Crippen molar-refractivity contribution in [1.82, 2.24) is 5.32 Å². The summed E-state index contributed by atoms with van der Waals surface area (Å²) in [5.41, 5.74) is 1.95. The highest BCUT2D eigenvalue weighted by molar-refractivity contribution is 5.27. The van der Waals surface area contributed by atoms with Gasteiger partial charge in [0, 0.05) is 6.54 Å². The second-order valence-corrected chi connectivity index (χ2v) is 4.42. The van der Waals surface area contributed by atoms with Gasteiger partial charge in [0.1, 0.15) is 5.82 Å². The predicted molar refractivity (Wildman–Crippen MR) is 62.6 cm³/mol. The average Bonchev–Trinajstić information content (AvgIpc) is 2.18. The van der Waals surface area contributed by atoms with Crippen LogP contribution in [0, 0.1) is 18.7 Å². The molecule has 1 unspecified atom stereocenters. The van der Waals surface area contributed by atoms with Crippen LogP contribution < -0.4 is 5.32 Å². The van der Waals surface area contributed by atoms with Crippen molar-refractivity contribution in [2.75, 3.05) is 13.6 Å². The fourth-order valence-corrected chi connectivity index (χ4v) is 1.86. The van der Waals surface area contributed by atoms with Gasteiger partial charge in [0.2, 0.25) is 0 Å². The third-order valence-electron chi connectivity index (χ3n) is 2.84. The van der Waals surface area contributed by atoms with Gasteiger partial charge in [-0.1, -0.05) is 26.0 Å². The van der Waals surface area contributed by atoms with Gasteiger partial charge < -0.3 is 5.32 Å². The highest BCUT2D eigenvalue weighted by Gasteiger charge is 2.15. The lowest BCUT2D eigenvalue weighted by atomic mass is 9.87. The molecule has 0 spiro atoms. The molecule has 1 N–H and O–H groups in total. The summed E-state index contributed by atoms with van der Waals surface area (Å²) in [5.74, 6) is 0.891. The van der Waals surface area contributed by atoms with Crippen LogP contribution in [0.15, 0.2) is 18.2 Å². The number of halogens is 1. The molecule has 0 amide bonds. The molecule has 0 radical (unpaired) electrons. The minimum absolute atomic E-state index is 0.120. The molecule has 0 fully saturated rings. The van der Waals surface area contributed by atoms with Crippen molar-refractivity contribution in [2.24, 2.45) is 5.92 Å². The zero-order chi connectivity index (χ0) is 11.4. The lowest BCUT2D eigenvalue weighted by molar-refractivity contribution is 0.477. The molecule has 0 aliphatic rings.